The van der Waals surface area contributed by atoms with Gasteiger partial charge in [-0.15, -0.1) is 11.3 Å². The SMILES string of the molecule is NC1(Cc2cc(Br)cs2)CC2CCC1C2. The molecule has 0 radical (unpaired) electrons. The largest absolute Gasteiger partial charge is 0.325 e. The van der Waals surface area contributed by atoms with Crippen LogP contribution in [0.3, 0.4) is 0 Å². The van der Waals surface area contributed by atoms with Gasteiger partial charge in [-0.3, -0.25) is 0 Å². The van der Waals surface area contributed by atoms with E-state index in [1.807, 2.05) is 11.3 Å². The van der Waals surface area contributed by atoms with Crippen LogP contribution in [0.5, 0.6) is 0 Å². The predicted molar refractivity (Wildman–Crippen MR) is 68.1 cm³/mol. The van der Waals surface area contributed by atoms with E-state index in [2.05, 4.69) is 27.4 Å². The Morgan fingerprint density at radius 2 is 2.40 bits per heavy atom. The van der Waals surface area contributed by atoms with Crippen LogP contribution in [-0.4, -0.2) is 5.54 Å². The van der Waals surface area contributed by atoms with Crippen molar-refractivity contribution in [3.63, 3.8) is 0 Å². The summed E-state index contributed by atoms with van der Waals surface area (Å²) in [6.07, 6.45) is 6.53. The van der Waals surface area contributed by atoms with Crippen LogP contribution in [0.25, 0.3) is 0 Å². The van der Waals surface area contributed by atoms with Gasteiger partial charge in [-0.1, -0.05) is 6.42 Å². The van der Waals surface area contributed by atoms with E-state index in [1.165, 1.54) is 35.0 Å². The van der Waals surface area contributed by atoms with Crippen LogP contribution >= 0.6 is 27.3 Å². The van der Waals surface area contributed by atoms with Gasteiger partial charge in [0.25, 0.3) is 0 Å². The molecule has 1 aromatic heterocycles. The van der Waals surface area contributed by atoms with Crippen LogP contribution in [0.2, 0.25) is 0 Å². The van der Waals surface area contributed by atoms with Crippen molar-refractivity contribution >= 4 is 27.3 Å². The Labute approximate surface area is 103 Å². The number of hydrogen-bond donors (Lipinski definition) is 1. The average molecular weight is 286 g/mol. The van der Waals surface area contributed by atoms with E-state index in [9.17, 15) is 0 Å². The van der Waals surface area contributed by atoms with Gasteiger partial charge in [-0.05, 0) is 53.1 Å². The minimum atomic E-state index is 0.118. The van der Waals surface area contributed by atoms with Gasteiger partial charge in [-0.25, -0.2) is 0 Å². The third-order valence-corrected chi connectivity index (χ3v) is 5.85. The molecule has 1 aromatic rings. The number of halogens is 1. The molecule has 3 rings (SSSR count). The molecule has 1 nitrogen and oxygen atoms in total. The molecule has 0 saturated heterocycles. The molecule has 0 spiro atoms. The molecule has 2 fully saturated rings. The lowest BCUT2D eigenvalue weighted by Crippen LogP contribution is -2.46. The van der Waals surface area contributed by atoms with E-state index in [-0.39, 0.29) is 5.54 Å². The molecule has 2 bridgehead atoms. The molecule has 2 N–H and O–H groups in total. The normalized spacial score (nSPS) is 38.8. The van der Waals surface area contributed by atoms with Crippen LogP contribution in [0.4, 0.5) is 0 Å². The number of fused-ring (bicyclic) bond motifs is 2. The molecule has 0 amide bonds. The summed E-state index contributed by atoms with van der Waals surface area (Å²) in [7, 11) is 0. The van der Waals surface area contributed by atoms with E-state index in [0.29, 0.717) is 0 Å². The molecule has 2 aliphatic rings. The van der Waals surface area contributed by atoms with Crippen molar-refractivity contribution in [1.29, 1.82) is 0 Å². The van der Waals surface area contributed by atoms with Crippen molar-refractivity contribution in [2.45, 2.75) is 37.6 Å². The summed E-state index contributed by atoms with van der Waals surface area (Å²) < 4.78 is 1.20. The highest BCUT2D eigenvalue weighted by molar-refractivity contribution is 9.10. The first-order valence-corrected chi connectivity index (χ1v) is 7.35. The van der Waals surface area contributed by atoms with Gasteiger partial charge in [0.05, 0.1) is 0 Å². The Morgan fingerprint density at radius 1 is 1.53 bits per heavy atom. The predicted octanol–water partition coefficient (Wildman–Crippen LogP) is 3.57. The number of nitrogens with two attached hydrogens (primary N) is 1. The van der Waals surface area contributed by atoms with Gasteiger partial charge in [0.2, 0.25) is 0 Å². The summed E-state index contributed by atoms with van der Waals surface area (Å²) in [4.78, 5) is 1.44. The number of rotatable bonds is 2. The van der Waals surface area contributed by atoms with Crippen LogP contribution in [-0.2, 0) is 6.42 Å². The fourth-order valence-corrected chi connectivity index (χ4v) is 5.06. The van der Waals surface area contributed by atoms with Crippen molar-refractivity contribution in [2.75, 3.05) is 0 Å². The summed E-state index contributed by atoms with van der Waals surface area (Å²) in [6.45, 7) is 0. The zero-order valence-electron chi connectivity index (χ0n) is 8.71. The second-order valence-corrected chi connectivity index (χ2v) is 7.13. The molecule has 2 saturated carbocycles. The zero-order chi connectivity index (χ0) is 10.5. The Morgan fingerprint density at radius 3 is 2.93 bits per heavy atom. The summed E-state index contributed by atoms with van der Waals surface area (Å²) in [5.74, 6) is 1.73. The first kappa shape index (κ1) is 10.3. The lowest BCUT2D eigenvalue weighted by molar-refractivity contribution is 0.271. The van der Waals surface area contributed by atoms with Crippen molar-refractivity contribution in [1.82, 2.24) is 0 Å². The quantitative estimate of drug-likeness (QED) is 0.883. The maximum Gasteiger partial charge on any atom is 0.0285 e. The van der Waals surface area contributed by atoms with Gasteiger partial charge >= 0.3 is 0 Å². The number of thiophene rings is 1. The van der Waals surface area contributed by atoms with Gasteiger partial charge in [-0.2, -0.15) is 0 Å². The highest BCUT2D eigenvalue weighted by Gasteiger charge is 2.48. The molecule has 0 aromatic carbocycles. The van der Waals surface area contributed by atoms with Gasteiger partial charge in [0.15, 0.2) is 0 Å². The van der Waals surface area contributed by atoms with Gasteiger partial charge in [0, 0.05) is 26.7 Å². The first-order valence-electron chi connectivity index (χ1n) is 5.67. The smallest absolute Gasteiger partial charge is 0.0285 e. The summed E-state index contributed by atoms with van der Waals surface area (Å²) in [6, 6.07) is 2.23. The fourth-order valence-electron chi connectivity index (χ4n) is 3.47. The van der Waals surface area contributed by atoms with E-state index < -0.39 is 0 Å². The van der Waals surface area contributed by atoms with E-state index in [0.717, 1.165) is 18.3 Å². The second-order valence-electron chi connectivity index (χ2n) is 5.22. The molecular weight excluding hydrogens is 270 g/mol. The van der Waals surface area contributed by atoms with E-state index in [1.54, 1.807) is 0 Å². The molecule has 2 aliphatic carbocycles. The van der Waals surface area contributed by atoms with Crippen LogP contribution in [0, 0.1) is 11.8 Å². The fraction of sp³-hybridized carbons (Fsp3) is 0.667. The maximum atomic E-state index is 6.58. The highest BCUT2D eigenvalue weighted by Crippen LogP contribution is 2.51. The minimum Gasteiger partial charge on any atom is -0.325 e. The molecule has 3 heteroatoms. The van der Waals surface area contributed by atoms with Crippen molar-refractivity contribution in [3.8, 4) is 0 Å². The highest BCUT2D eigenvalue weighted by atomic mass is 79.9. The Bertz CT molecular complexity index is 375. The lowest BCUT2D eigenvalue weighted by Gasteiger charge is -2.33. The monoisotopic (exact) mass is 285 g/mol. The second kappa shape index (κ2) is 3.57. The maximum absolute atomic E-state index is 6.58. The Hall–Kier alpha value is 0.140. The third-order valence-electron chi connectivity index (χ3n) is 4.15. The van der Waals surface area contributed by atoms with Crippen molar-refractivity contribution in [2.24, 2.45) is 17.6 Å². The van der Waals surface area contributed by atoms with Crippen molar-refractivity contribution in [3.05, 3.63) is 20.8 Å². The van der Waals surface area contributed by atoms with Crippen LogP contribution in [0.15, 0.2) is 15.9 Å². The molecular formula is C12H16BrNS. The molecule has 1 heterocycles. The first-order chi connectivity index (χ1) is 7.16. The van der Waals surface area contributed by atoms with Gasteiger partial charge in [0.1, 0.15) is 0 Å². The van der Waals surface area contributed by atoms with E-state index >= 15 is 0 Å². The number of hydrogen-bond acceptors (Lipinski definition) is 2. The van der Waals surface area contributed by atoms with Gasteiger partial charge < -0.3 is 5.73 Å². The molecule has 82 valence electrons. The topological polar surface area (TPSA) is 26.0 Å². The standard InChI is InChI=1S/C12H16BrNS/c13-10-4-11(15-7-10)6-12(14)5-8-1-2-9(12)3-8/h4,7-9H,1-3,5-6,14H2. The van der Waals surface area contributed by atoms with Crippen LogP contribution < -0.4 is 5.73 Å². The minimum absolute atomic E-state index is 0.118. The Kier molecular flexibility index (Phi) is 2.45. The average Bonchev–Trinajstić information content (AvgIpc) is 2.81. The molecule has 3 unspecified atom stereocenters. The zero-order valence-corrected chi connectivity index (χ0v) is 11.1. The molecule has 15 heavy (non-hydrogen) atoms. The third kappa shape index (κ3) is 1.79. The van der Waals surface area contributed by atoms with Crippen LogP contribution in [0.1, 0.15) is 30.6 Å². The summed E-state index contributed by atoms with van der Waals surface area (Å²) in [5.41, 5.74) is 6.70. The van der Waals surface area contributed by atoms with E-state index in [4.69, 9.17) is 5.73 Å². The Balaban J connectivity index is 1.77. The molecule has 3 atom stereocenters. The summed E-state index contributed by atoms with van der Waals surface area (Å²) >= 11 is 5.35. The lowest BCUT2D eigenvalue weighted by atomic mass is 9.79. The van der Waals surface area contributed by atoms with Crippen molar-refractivity contribution < 1.29 is 0 Å². The molecule has 0 aliphatic heterocycles. The summed E-state index contributed by atoms with van der Waals surface area (Å²) in [5, 5.41) is 2.16.